The predicted octanol–water partition coefficient (Wildman–Crippen LogP) is 3.78. The van der Waals surface area contributed by atoms with E-state index < -0.39 is 17.8 Å². The summed E-state index contributed by atoms with van der Waals surface area (Å²) in [6.07, 6.45) is 4.73. The maximum absolute atomic E-state index is 12.9. The van der Waals surface area contributed by atoms with Crippen LogP contribution in [0.15, 0.2) is 64.9 Å². The molecule has 1 fully saturated rings. The number of hydrogen-bond acceptors (Lipinski definition) is 5. The van der Waals surface area contributed by atoms with Gasteiger partial charge in [0.15, 0.2) is 0 Å². The van der Waals surface area contributed by atoms with Crippen LogP contribution in [0.3, 0.4) is 0 Å². The molecular weight excluding hydrogens is 434 g/mol. The number of urea groups is 1. The molecule has 32 heavy (non-hydrogen) atoms. The third kappa shape index (κ3) is 4.60. The number of aryl methyl sites for hydroxylation is 1. The van der Waals surface area contributed by atoms with Crippen LogP contribution in [0.2, 0.25) is 5.02 Å². The normalized spacial score (nSPS) is 15.4. The first-order valence-corrected chi connectivity index (χ1v) is 10.3. The largest absolute Gasteiger partial charge is 0.492 e. The van der Waals surface area contributed by atoms with Crippen molar-refractivity contribution in [3.63, 3.8) is 0 Å². The number of nitrogens with one attached hydrogen (secondary N) is 1. The molecule has 4 rings (SSSR count). The standard InChI is InChI=1S/C23H20ClN3O5/c1-15-12-17(6-7-20(15)24)32-11-9-26-8-2-4-16(26)13-19-21(28)25-23(30)27(22(19)29)14-18-5-3-10-31-18/h2-8,10,12-13H,9,11,14H2,1H3,(H,25,28,30). The number of rotatable bonds is 7. The number of ether oxygens (including phenoxy) is 1. The van der Waals surface area contributed by atoms with Crippen LogP contribution in [0.1, 0.15) is 17.0 Å². The molecule has 9 heteroatoms. The molecule has 3 aromatic rings. The van der Waals surface area contributed by atoms with E-state index in [1.165, 1.54) is 12.3 Å². The Labute approximate surface area is 189 Å². The van der Waals surface area contributed by atoms with Gasteiger partial charge in [0, 0.05) is 16.9 Å². The van der Waals surface area contributed by atoms with E-state index in [1.54, 1.807) is 36.4 Å². The van der Waals surface area contributed by atoms with Gasteiger partial charge in [-0.2, -0.15) is 0 Å². The smallest absolute Gasteiger partial charge is 0.331 e. The fourth-order valence-electron chi connectivity index (χ4n) is 3.27. The molecule has 0 bridgehead atoms. The Morgan fingerprint density at radius 3 is 2.75 bits per heavy atom. The Morgan fingerprint density at radius 1 is 1.16 bits per heavy atom. The molecule has 1 saturated heterocycles. The van der Waals surface area contributed by atoms with Crippen LogP contribution in [0, 0.1) is 6.92 Å². The summed E-state index contributed by atoms with van der Waals surface area (Å²) in [5, 5.41) is 2.87. The number of nitrogens with zero attached hydrogens (tertiary/aromatic N) is 2. The van der Waals surface area contributed by atoms with Crippen LogP contribution in [-0.4, -0.2) is 33.9 Å². The lowest BCUT2D eigenvalue weighted by Crippen LogP contribution is -2.53. The molecule has 1 aliphatic rings. The first-order chi connectivity index (χ1) is 15.4. The SMILES string of the molecule is Cc1cc(OCCn2cccc2C=C2C(=O)NC(=O)N(Cc3ccco3)C2=O)ccc1Cl. The minimum Gasteiger partial charge on any atom is -0.492 e. The van der Waals surface area contributed by atoms with Gasteiger partial charge in [0.05, 0.1) is 19.4 Å². The number of benzene rings is 1. The van der Waals surface area contributed by atoms with Gasteiger partial charge in [-0.15, -0.1) is 0 Å². The monoisotopic (exact) mass is 453 g/mol. The third-order valence-corrected chi connectivity index (χ3v) is 5.39. The van der Waals surface area contributed by atoms with Crippen molar-refractivity contribution in [2.75, 3.05) is 6.61 Å². The van der Waals surface area contributed by atoms with Gasteiger partial charge in [0.2, 0.25) is 0 Å². The van der Waals surface area contributed by atoms with Crippen molar-refractivity contribution in [2.45, 2.75) is 20.0 Å². The second kappa shape index (κ2) is 9.15. The lowest BCUT2D eigenvalue weighted by molar-refractivity contribution is -0.130. The van der Waals surface area contributed by atoms with Crippen LogP contribution in [-0.2, 0) is 22.7 Å². The van der Waals surface area contributed by atoms with Crippen LogP contribution >= 0.6 is 11.6 Å². The Bertz CT molecular complexity index is 1200. The molecule has 0 radical (unpaired) electrons. The van der Waals surface area contributed by atoms with E-state index in [2.05, 4.69) is 5.32 Å². The van der Waals surface area contributed by atoms with E-state index in [0.717, 1.165) is 10.5 Å². The highest BCUT2D eigenvalue weighted by atomic mass is 35.5. The number of aromatic nitrogens is 1. The summed E-state index contributed by atoms with van der Waals surface area (Å²) in [6, 6.07) is 11.5. The number of furan rings is 1. The highest BCUT2D eigenvalue weighted by Gasteiger charge is 2.36. The molecule has 164 valence electrons. The average Bonchev–Trinajstić information content (AvgIpc) is 3.43. The molecule has 0 unspecified atom stereocenters. The van der Waals surface area contributed by atoms with E-state index in [1.807, 2.05) is 23.8 Å². The van der Waals surface area contributed by atoms with E-state index in [4.69, 9.17) is 20.8 Å². The van der Waals surface area contributed by atoms with E-state index >= 15 is 0 Å². The molecular formula is C23H20ClN3O5. The number of amides is 4. The lowest BCUT2D eigenvalue weighted by atomic mass is 10.1. The van der Waals surface area contributed by atoms with Crippen molar-refractivity contribution in [1.82, 2.24) is 14.8 Å². The summed E-state index contributed by atoms with van der Waals surface area (Å²) < 4.78 is 12.8. The van der Waals surface area contributed by atoms with Crippen molar-refractivity contribution in [3.8, 4) is 5.75 Å². The second-order valence-electron chi connectivity index (χ2n) is 7.17. The quantitative estimate of drug-likeness (QED) is 0.434. The Balaban J connectivity index is 1.47. The third-order valence-electron chi connectivity index (χ3n) is 4.97. The minimum absolute atomic E-state index is 0.0718. The van der Waals surface area contributed by atoms with Crippen molar-refractivity contribution < 1.29 is 23.5 Å². The van der Waals surface area contributed by atoms with Crippen LogP contribution in [0.4, 0.5) is 4.79 Å². The zero-order chi connectivity index (χ0) is 22.7. The Hall–Kier alpha value is -3.78. The van der Waals surface area contributed by atoms with Crippen molar-refractivity contribution in [1.29, 1.82) is 0 Å². The summed E-state index contributed by atoms with van der Waals surface area (Å²) in [5.41, 5.74) is 1.42. The summed E-state index contributed by atoms with van der Waals surface area (Å²) in [5.74, 6) is -0.292. The van der Waals surface area contributed by atoms with E-state index in [0.29, 0.717) is 35.4 Å². The van der Waals surface area contributed by atoms with Crippen LogP contribution in [0.25, 0.3) is 6.08 Å². The zero-order valence-corrected chi connectivity index (χ0v) is 18.0. The molecule has 4 amide bonds. The molecule has 2 aromatic heterocycles. The zero-order valence-electron chi connectivity index (χ0n) is 17.2. The van der Waals surface area contributed by atoms with Gasteiger partial charge in [0.1, 0.15) is 23.7 Å². The first kappa shape index (κ1) is 21.5. The first-order valence-electron chi connectivity index (χ1n) is 9.88. The topological polar surface area (TPSA) is 93.8 Å². The highest BCUT2D eigenvalue weighted by molar-refractivity contribution is 6.31. The van der Waals surface area contributed by atoms with E-state index in [9.17, 15) is 14.4 Å². The Morgan fingerprint density at radius 2 is 2.00 bits per heavy atom. The van der Waals surface area contributed by atoms with Crippen LogP contribution < -0.4 is 10.1 Å². The number of imide groups is 2. The minimum atomic E-state index is -0.782. The summed E-state index contributed by atoms with van der Waals surface area (Å²) >= 11 is 6.04. The number of hydrogen-bond donors (Lipinski definition) is 1. The maximum Gasteiger partial charge on any atom is 0.331 e. The summed E-state index contributed by atoms with van der Waals surface area (Å²) in [6.45, 7) is 2.68. The van der Waals surface area contributed by atoms with Gasteiger partial charge < -0.3 is 13.7 Å². The molecule has 8 nitrogen and oxygen atoms in total. The highest BCUT2D eigenvalue weighted by Crippen LogP contribution is 2.21. The summed E-state index contributed by atoms with van der Waals surface area (Å²) in [4.78, 5) is 38.3. The molecule has 1 aliphatic heterocycles. The van der Waals surface area contributed by atoms with Gasteiger partial charge >= 0.3 is 6.03 Å². The molecule has 0 saturated carbocycles. The van der Waals surface area contributed by atoms with Crippen molar-refractivity contribution in [3.05, 3.63) is 82.5 Å². The lowest BCUT2D eigenvalue weighted by Gasteiger charge is -2.25. The molecule has 3 heterocycles. The van der Waals surface area contributed by atoms with E-state index in [-0.39, 0.29) is 12.1 Å². The fraction of sp³-hybridized carbons (Fsp3) is 0.174. The molecule has 0 spiro atoms. The molecule has 1 N–H and O–H groups in total. The van der Waals surface area contributed by atoms with Gasteiger partial charge in [-0.1, -0.05) is 11.6 Å². The predicted molar refractivity (Wildman–Crippen MR) is 117 cm³/mol. The van der Waals surface area contributed by atoms with Gasteiger partial charge in [-0.3, -0.25) is 19.8 Å². The van der Waals surface area contributed by atoms with Gasteiger partial charge in [-0.05, 0) is 61.0 Å². The van der Waals surface area contributed by atoms with Crippen molar-refractivity contribution >= 4 is 35.5 Å². The maximum atomic E-state index is 12.9. The molecule has 0 aliphatic carbocycles. The number of barbiturate groups is 1. The number of carbonyl (C=O) groups is 3. The average molecular weight is 454 g/mol. The fourth-order valence-corrected chi connectivity index (χ4v) is 3.39. The number of carbonyl (C=O) groups excluding carboxylic acids is 3. The van der Waals surface area contributed by atoms with Gasteiger partial charge in [0.25, 0.3) is 11.8 Å². The van der Waals surface area contributed by atoms with Crippen molar-refractivity contribution in [2.24, 2.45) is 0 Å². The Kier molecular flexibility index (Phi) is 6.13. The number of halogens is 1. The van der Waals surface area contributed by atoms with Gasteiger partial charge in [-0.25, -0.2) is 4.79 Å². The summed E-state index contributed by atoms with van der Waals surface area (Å²) in [7, 11) is 0. The molecule has 1 aromatic carbocycles. The van der Waals surface area contributed by atoms with Crippen LogP contribution in [0.5, 0.6) is 5.75 Å². The second-order valence-corrected chi connectivity index (χ2v) is 7.58. The molecule has 0 atom stereocenters.